The standard InChI is InChI=1S/C20H27N5O/c1-15(2)11-12-21-20(26)18-9-10-19(24-23-18)22-16-5-7-17(8-6-16)25-13-3-4-14-25/h5-10,15H,3-4,11-14H2,1-2H3,(H,21,26)(H,22,24). The van der Waals surface area contributed by atoms with Crippen molar-refractivity contribution in [3.63, 3.8) is 0 Å². The third-order valence-corrected chi connectivity index (χ3v) is 4.52. The highest BCUT2D eigenvalue weighted by Gasteiger charge is 2.12. The van der Waals surface area contributed by atoms with Crippen molar-refractivity contribution in [2.45, 2.75) is 33.1 Å². The fourth-order valence-electron chi connectivity index (χ4n) is 2.96. The summed E-state index contributed by atoms with van der Waals surface area (Å²) in [4.78, 5) is 14.4. The van der Waals surface area contributed by atoms with Gasteiger partial charge in [0, 0.05) is 31.0 Å². The molecule has 6 heteroatoms. The maximum Gasteiger partial charge on any atom is 0.271 e. The number of carbonyl (C=O) groups is 1. The van der Waals surface area contributed by atoms with Crippen LogP contribution in [0.5, 0.6) is 0 Å². The summed E-state index contributed by atoms with van der Waals surface area (Å²) >= 11 is 0. The molecule has 1 aromatic heterocycles. The van der Waals surface area contributed by atoms with Gasteiger partial charge in [-0.2, -0.15) is 0 Å². The summed E-state index contributed by atoms with van der Waals surface area (Å²) in [5, 5.41) is 14.2. The van der Waals surface area contributed by atoms with Crippen LogP contribution in [-0.4, -0.2) is 35.7 Å². The Hall–Kier alpha value is -2.63. The lowest BCUT2D eigenvalue weighted by molar-refractivity contribution is 0.0946. The van der Waals surface area contributed by atoms with Gasteiger partial charge in [-0.25, -0.2) is 0 Å². The molecule has 0 atom stereocenters. The third kappa shape index (κ3) is 4.94. The fourth-order valence-corrected chi connectivity index (χ4v) is 2.96. The van der Waals surface area contributed by atoms with Crippen LogP contribution < -0.4 is 15.5 Å². The highest BCUT2D eigenvalue weighted by Crippen LogP contribution is 2.23. The average Bonchev–Trinajstić information content (AvgIpc) is 3.17. The summed E-state index contributed by atoms with van der Waals surface area (Å²) in [7, 11) is 0. The Labute approximate surface area is 155 Å². The maximum absolute atomic E-state index is 12.0. The normalized spacial score (nSPS) is 13.9. The van der Waals surface area contributed by atoms with Gasteiger partial charge in [-0.05, 0) is 61.6 Å². The summed E-state index contributed by atoms with van der Waals surface area (Å²) in [6.07, 6.45) is 3.49. The van der Waals surface area contributed by atoms with E-state index in [1.807, 2.05) is 12.1 Å². The molecule has 0 spiro atoms. The minimum absolute atomic E-state index is 0.181. The summed E-state index contributed by atoms with van der Waals surface area (Å²) in [6, 6.07) is 11.8. The van der Waals surface area contributed by atoms with Gasteiger partial charge in [0.1, 0.15) is 0 Å². The van der Waals surface area contributed by atoms with Crippen molar-refractivity contribution >= 4 is 23.1 Å². The molecule has 0 aliphatic carbocycles. The molecular formula is C20H27N5O. The second-order valence-corrected chi connectivity index (χ2v) is 7.11. The first-order valence-electron chi connectivity index (χ1n) is 9.36. The molecule has 0 bridgehead atoms. The number of carbonyl (C=O) groups excluding carboxylic acids is 1. The van der Waals surface area contributed by atoms with Gasteiger partial charge in [-0.1, -0.05) is 13.8 Å². The zero-order valence-electron chi connectivity index (χ0n) is 15.5. The van der Waals surface area contributed by atoms with E-state index in [1.165, 1.54) is 18.5 Å². The largest absolute Gasteiger partial charge is 0.372 e. The van der Waals surface area contributed by atoms with Crippen LogP contribution in [0.4, 0.5) is 17.2 Å². The molecule has 1 fully saturated rings. The van der Waals surface area contributed by atoms with E-state index in [9.17, 15) is 4.79 Å². The number of amides is 1. The van der Waals surface area contributed by atoms with Gasteiger partial charge < -0.3 is 15.5 Å². The topological polar surface area (TPSA) is 70.2 Å². The smallest absolute Gasteiger partial charge is 0.271 e. The lowest BCUT2D eigenvalue weighted by Gasteiger charge is -2.17. The van der Waals surface area contributed by atoms with Crippen LogP contribution in [0, 0.1) is 5.92 Å². The number of anilines is 3. The summed E-state index contributed by atoms with van der Waals surface area (Å²) in [6.45, 7) is 7.19. The number of rotatable bonds is 7. The van der Waals surface area contributed by atoms with Gasteiger partial charge in [0.15, 0.2) is 11.5 Å². The van der Waals surface area contributed by atoms with Crippen LogP contribution in [0.1, 0.15) is 43.6 Å². The predicted octanol–water partition coefficient (Wildman–Crippen LogP) is 3.60. The molecule has 1 aliphatic rings. The molecule has 2 N–H and O–H groups in total. The van der Waals surface area contributed by atoms with Gasteiger partial charge in [0.2, 0.25) is 0 Å². The molecule has 138 valence electrons. The van der Waals surface area contributed by atoms with E-state index in [1.54, 1.807) is 12.1 Å². The first-order chi connectivity index (χ1) is 12.6. The molecule has 26 heavy (non-hydrogen) atoms. The SMILES string of the molecule is CC(C)CCNC(=O)c1ccc(Nc2ccc(N3CCCC3)cc2)nn1. The third-order valence-electron chi connectivity index (χ3n) is 4.52. The number of hydrogen-bond donors (Lipinski definition) is 2. The minimum atomic E-state index is -0.181. The summed E-state index contributed by atoms with van der Waals surface area (Å²) in [5.74, 6) is 1.00. The lowest BCUT2D eigenvalue weighted by atomic mass is 10.1. The molecule has 0 saturated carbocycles. The van der Waals surface area contributed by atoms with E-state index in [2.05, 4.69) is 51.7 Å². The number of aromatic nitrogens is 2. The molecule has 0 radical (unpaired) electrons. The molecule has 2 aromatic rings. The number of benzene rings is 1. The van der Waals surface area contributed by atoms with Crippen molar-refractivity contribution in [2.75, 3.05) is 29.9 Å². The summed E-state index contributed by atoms with van der Waals surface area (Å²) in [5.41, 5.74) is 2.55. The Balaban J connectivity index is 1.54. The van der Waals surface area contributed by atoms with E-state index in [0.717, 1.165) is 25.2 Å². The Kier molecular flexibility index (Phi) is 6.04. The molecule has 2 heterocycles. The van der Waals surface area contributed by atoms with Crippen LogP contribution in [0.2, 0.25) is 0 Å². The molecule has 1 amide bonds. The fraction of sp³-hybridized carbons (Fsp3) is 0.450. The van der Waals surface area contributed by atoms with Crippen molar-refractivity contribution < 1.29 is 4.79 Å². The van der Waals surface area contributed by atoms with E-state index in [-0.39, 0.29) is 5.91 Å². The van der Waals surface area contributed by atoms with E-state index >= 15 is 0 Å². The zero-order chi connectivity index (χ0) is 18.4. The van der Waals surface area contributed by atoms with Crippen molar-refractivity contribution in [1.29, 1.82) is 0 Å². The second kappa shape index (κ2) is 8.65. The Morgan fingerprint density at radius 2 is 1.81 bits per heavy atom. The number of hydrogen-bond acceptors (Lipinski definition) is 5. The molecule has 0 unspecified atom stereocenters. The molecule has 1 aliphatic heterocycles. The molecule has 6 nitrogen and oxygen atoms in total. The first kappa shape index (κ1) is 18.2. The van der Waals surface area contributed by atoms with Gasteiger partial charge >= 0.3 is 0 Å². The Morgan fingerprint density at radius 3 is 2.42 bits per heavy atom. The molecule has 1 saturated heterocycles. The zero-order valence-corrected chi connectivity index (χ0v) is 15.5. The van der Waals surface area contributed by atoms with Gasteiger partial charge in [0.25, 0.3) is 5.91 Å². The van der Waals surface area contributed by atoms with E-state index < -0.39 is 0 Å². The first-order valence-corrected chi connectivity index (χ1v) is 9.36. The highest BCUT2D eigenvalue weighted by molar-refractivity contribution is 5.92. The van der Waals surface area contributed by atoms with Crippen LogP contribution in [0.25, 0.3) is 0 Å². The number of nitrogens with one attached hydrogen (secondary N) is 2. The van der Waals surface area contributed by atoms with Gasteiger partial charge in [-0.15, -0.1) is 10.2 Å². The highest BCUT2D eigenvalue weighted by atomic mass is 16.1. The van der Waals surface area contributed by atoms with E-state index in [4.69, 9.17) is 0 Å². The second-order valence-electron chi connectivity index (χ2n) is 7.11. The Morgan fingerprint density at radius 1 is 1.08 bits per heavy atom. The van der Waals surface area contributed by atoms with E-state index in [0.29, 0.717) is 24.0 Å². The van der Waals surface area contributed by atoms with Crippen LogP contribution in [-0.2, 0) is 0 Å². The van der Waals surface area contributed by atoms with Crippen molar-refractivity contribution in [3.8, 4) is 0 Å². The molecule has 3 rings (SSSR count). The Bertz CT molecular complexity index is 706. The van der Waals surface area contributed by atoms with Crippen molar-refractivity contribution in [3.05, 3.63) is 42.1 Å². The average molecular weight is 353 g/mol. The van der Waals surface area contributed by atoms with Gasteiger partial charge in [-0.3, -0.25) is 4.79 Å². The van der Waals surface area contributed by atoms with Crippen molar-refractivity contribution in [1.82, 2.24) is 15.5 Å². The van der Waals surface area contributed by atoms with Crippen molar-refractivity contribution in [2.24, 2.45) is 5.92 Å². The van der Waals surface area contributed by atoms with Crippen LogP contribution in [0.15, 0.2) is 36.4 Å². The van der Waals surface area contributed by atoms with Gasteiger partial charge in [0.05, 0.1) is 0 Å². The van der Waals surface area contributed by atoms with Crippen LogP contribution >= 0.6 is 0 Å². The van der Waals surface area contributed by atoms with Crippen LogP contribution in [0.3, 0.4) is 0 Å². The lowest BCUT2D eigenvalue weighted by Crippen LogP contribution is -2.26. The number of nitrogens with zero attached hydrogens (tertiary/aromatic N) is 3. The molecular weight excluding hydrogens is 326 g/mol. The molecule has 1 aromatic carbocycles. The quantitative estimate of drug-likeness (QED) is 0.796. The monoisotopic (exact) mass is 353 g/mol. The minimum Gasteiger partial charge on any atom is -0.372 e. The maximum atomic E-state index is 12.0. The predicted molar refractivity (Wildman–Crippen MR) is 105 cm³/mol. The summed E-state index contributed by atoms with van der Waals surface area (Å²) < 4.78 is 0.